The van der Waals surface area contributed by atoms with Gasteiger partial charge < -0.3 is 4.90 Å². The van der Waals surface area contributed by atoms with Crippen LogP contribution in [0.5, 0.6) is 0 Å². The number of rotatable bonds is 1. The molecular weight excluding hydrogens is 284 g/mol. The van der Waals surface area contributed by atoms with Crippen LogP contribution in [-0.2, 0) is 0 Å². The molecule has 4 rings (SSSR count). The Labute approximate surface area is 128 Å². The van der Waals surface area contributed by atoms with Crippen LogP contribution in [0.3, 0.4) is 0 Å². The lowest BCUT2D eigenvalue weighted by atomic mass is 10.00. The van der Waals surface area contributed by atoms with Crippen LogP contribution in [-0.4, -0.2) is 33.3 Å². The molecule has 1 aromatic carbocycles. The highest BCUT2D eigenvalue weighted by Crippen LogP contribution is 2.39. The van der Waals surface area contributed by atoms with E-state index in [-0.39, 0.29) is 11.3 Å². The minimum absolute atomic E-state index is 0.121. The third-order valence-electron chi connectivity index (χ3n) is 4.77. The van der Waals surface area contributed by atoms with Gasteiger partial charge in [-0.1, -0.05) is 18.2 Å². The number of hydrogen-bond acceptors (Lipinski definition) is 2. The van der Waals surface area contributed by atoms with E-state index in [1.807, 2.05) is 30.3 Å². The normalized spacial score (nSPS) is 28.0. The van der Waals surface area contributed by atoms with Gasteiger partial charge in [0.05, 0.1) is 11.1 Å². The third kappa shape index (κ3) is 2.11. The second-order valence-corrected chi connectivity index (χ2v) is 6.66. The molecule has 2 saturated heterocycles. The summed E-state index contributed by atoms with van der Waals surface area (Å²) in [6, 6.07) is 10.3. The van der Waals surface area contributed by atoms with Crippen molar-refractivity contribution in [3.63, 3.8) is 0 Å². The van der Waals surface area contributed by atoms with Gasteiger partial charge in [0.15, 0.2) is 0 Å². The number of para-hydroxylation sites is 1. The number of aromatic nitrogens is 1. The molecule has 2 unspecified atom stereocenters. The second-order valence-electron chi connectivity index (χ2n) is 6.05. The molecule has 1 amide bonds. The predicted molar refractivity (Wildman–Crippen MR) is 83.6 cm³/mol. The number of piperidine rings is 1. The van der Waals surface area contributed by atoms with Crippen molar-refractivity contribution in [1.29, 1.82) is 0 Å². The van der Waals surface area contributed by atoms with E-state index >= 15 is 0 Å². The summed E-state index contributed by atoms with van der Waals surface area (Å²) in [6.45, 7) is 0. The maximum atomic E-state index is 13.0. The first kappa shape index (κ1) is 13.1. The lowest BCUT2D eigenvalue weighted by Gasteiger charge is -2.37. The molecule has 2 aliphatic rings. The van der Waals surface area contributed by atoms with Crippen LogP contribution < -0.4 is 0 Å². The fraction of sp³-hybridized carbons (Fsp3) is 0.412. The van der Waals surface area contributed by atoms with Crippen molar-refractivity contribution in [1.82, 2.24) is 9.88 Å². The van der Waals surface area contributed by atoms with Crippen molar-refractivity contribution in [2.75, 3.05) is 0 Å². The number of benzene rings is 1. The Balaban J connectivity index is 1.74. The molecule has 2 bridgehead atoms. The summed E-state index contributed by atoms with van der Waals surface area (Å²) in [5, 5.41) is 1.24. The number of alkyl halides is 1. The van der Waals surface area contributed by atoms with Gasteiger partial charge in [-0.05, 0) is 37.8 Å². The zero-order valence-corrected chi connectivity index (χ0v) is 12.5. The van der Waals surface area contributed by atoms with E-state index in [1.165, 1.54) is 0 Å². The summed E-state index contributed by atoms with van der Waals surface area (Å²) in [5.74, 6) is 0.121. The van der Waals surface area contributed by atoms with Crippen LogP contribution in [0.1, 0.15) is 36.0 Å². The molecule has 1 aromatic heterocycles. The number of nitrogens with zero attached hydrogens (tertiary/aromatic N) is 2. The topological polar surface area (TPSA) is 33.2 Å². The van der Waals surface area contributed by atoms with Crippen molar-refractivity contribution in [3.05, 3.63) is 42.1 Å². The molecule has 0 N–H and O–H groups in total. The van der Waals surface area contributed by atoms with Gasteiger partial charge in [-0.15, -0.1) is 11.6 Å². The number of halogens is 1. The highest BCUT2D eigenvalue weighted by atomic mass is 35.5. The summed E-state index contributed by atoms with van der Waals surface area (Å²) in [7, 11) is 0. The minimum atomic E-state index is 0.121. The Hall–Kier alpha value is -1.61. The smallest absolute Gasteiger partial charge is 0.256 e. The van der Waals surface area contributed by atoms with E-state index in [0.29, 0.717) is 12.1 Å². The maximum Gasteiger partial charge on any atom is 0.256 e. The van der Waals surface area contributed by atoms with Gasteiger partial charge in [-0.3, -0.25) is 9.78 Å². The fourth-order valence-electron chi connectivity index (χ4n) is 3.86. The molecule has 3 nitrogen and oxygen atoms in total. The van der Waals surface area contributed by atoms with Crippen molar-refractivity contribution in [2.24, 2.45) is 0 Å². The molecule has 3 heterocycles. The Bertz CT molecular complexity index is 683. The zero-order chi connectivity index (χ0) is 14.4. The lowest BCUT2D eigenvalue weighted by molar-refractivity contribution is 0.0601. The van der Waals surface area contributed by atoms with E-state index in [4.69, 9.17) is 11.6 Å². The van der Waals surface area contributed by atoms with Crippen LogP contribution in [0, 0.1) is 0 Å². The van der Waals surface area contributed by atoms with Crippen LogP contribution in [0.2, 0.25) is 0 Å². The number of fused-ring (bicyclic) bond motifs is 3. The standard InChI is InChI=1S/C17H17ClN2O/c18-12-9-13-6-7-14(10-12)20(13)17(21)15-5-1-3-11-4-2-8-19-16(11)15/h1-5,8,12-14H,6-7,9-10H2. The van der Waals surface area contributed by atoms with Crippen molar-refractivity contribution < 1.29 is 4.79 Å². The highest BCUT2D eigenvalue weighted by Gasteiger charge is 2.43. The van der Waals surface area contributed by atoms with Crippen molar-refractivity contribution >= 4 is 28.4 Å². The van der Waals surface area contributed by atoms with Crippen molar-refractivity contribution in [2.45, 2.75) is 43.1 Å². The predicted octanol–water partition coefficient (Wildman–Crippen LogP) is 3.61. The highest BCUT2D eigenvalue weighted by molar-refractivity contribution is 6.20. The Morgan fingerprint density at radius 3 is 2.62 bits per heavy atom. The Morgan fingerprint density at radius 2 is 1.86 bits per heavy atom. The molecule has 0 saturated carbocycles. The molecular formula is C17H17ClN2O. The monoisotopic (exact) mass is 300 g/mol. The molecule has 4 heteroatoms. The Morgan fingerprint density at radius 1 is 1.14 bits per heavy atom. The summed E-state index contributed by atoms with van der Waals surface area (Å²) >= 11 is 6.31. The number of pyridine rings is 1. The van der Waals surface area contributed by atoms with Gasteiger partial charge in [-0.2, -0.15) is 0 Å². The van der Waals surface area contributed by atoms with Gasteiger partial charge in [-0.25, -0.2) is 0 Å². The van der Waals surface area contributed by atoms with Crippen LogP contribution in [0.15, 0.2) is 36.5 Å². The summed E-state index contributed by atoms with van der Waals surface area (Å²) in [4.78, 5) is 19.5. The average molecular weight is 301 g/mol. The van der Waals surface area contributed by atoms with Gasteiger partial charge >= 0.3 is 0 Å². The number of carbonyl (C=O) groups is 1. The largest absolute Gasteiger partial charge is 0.333 e. The number of carbonyl (C=O) groups excluding carboxylic acids is 1. The zero-order valence-electron chi connectivity index (χ0n) is 11.7. The lowest BCUT2D eigenvalue weighted by Crippen LogP contribution is -2.47. The van der Waals surface area contributed by atoms with Crippen LogP contribution >= 0.6 is 11.6 Å². The molecule has 2 aliphatic heterocycles. The SMILES string of the molecule is O=C(c1cccc2cccnc12)N1C2CCC1CC(Cl)C2. The van der Waals surface area contributed by atoms with Gasteiger partial charge in [0, 0.05) is 29.0 Å². The summed E-state index contributed by atoms with van der Waals surface area (Å²) in [5.41, 5.74) is 1.52. The molecule has 2 atom stereocenters. The van der Waals surface area contributed by atoms with Crippen LogP contribution in [0.4, 0.5) is 0 Å². The third-order valence-corrected chi connectivity index (χ3v) is 5.13. The van der Waals surface area contributed by atoms with E-state index in [0.717, 1.165) is 42.1 Å². The average Bonchev–Trinajstić information content (AvgIpc) is 2.78. The molecule has 2 fully saturated rings. The maximum absolute atomic E-state index is 13.0. The summed E-state index contributed by atoms with van der Waals surface area (Å²) in [6.07, 6.45) is 5.75. The first-order chi connectivity index (χ1) is 10.2. The molecule has 0 aliphatic carbocycles. The first-order valence-electron chi connectivity index (χ1n) is 7.54. The summed E-state index contributed by atoms with van der Waals surface area (Å²) < 4.78 is 0. The van der Waals surface area contributed by atoms with Crippen molar-refractivity contribution in [3.8, 4) is 0 Å². The molecule has 108 valence electrons. The number of amides is 1. The molecule has 21 heavy (non-hydrogen) atoms. The second kappa shape index (κ2) is 4.99. The quantitative estimate of drug-likeness (QED) is 0.754. The van der Waals surface area contributed by atoms with Gasteiger partial charge in [0.25, 0.3) is 5.91 Å². The van der Waals surface area contributed by atoms with Gasteiger partial charge in [0.2, 0.25) is 0 Å². The first-order valence-corrected chi connectivity index (χ1v) is 7.98. The molecule has 2 aromatic rings. The van der Waals surface area contributed by atoms with E-state index in [9.17, 15) is 4.79 Å². The van der Waals surface area contributed by atoms with Gasteiger partial charge in [0.1, 0.15) is 0 Å². The van der Waals surface area contributed by atoms with Crippen LogP contribution in [0.25, 0.3) is 10.9 Å². The van der Waals surface area contributed by atoms with E-state index in [2.05, 4.69) is 9.88 Å². The Kier molecular flexibility index (Phi) is 3.11. The van der Waals surface area contributed by atoms with E-state index in [1.54, 1.807) is 6.20 Å². The molecule has 0 radical (unpaired) electrons. The fourth-order valence-corrected chi connectivity index (χ4v) is 4.27. The molecule has 0 spiro atoms. The van der Waals surface area contributed by atoms with E-state index < -0.39 is 0 Å². The minimum Gasteiger partial charge on any atom is -0.333 e. The number of hydrogen-bond donors (Lipinski definition) is 0.